The van der Waals surface area contributed by atoms with Crippen molar-refractivity contribution in [3.8, 4) is 0 Å². The normalized spacial score (nSPS) is 12.0. The highest BCUT2D eigenvalue weighted by atomic mass is 19.1. The topological polar surface area (TPSA) is 79.5 Å². The monoisotopic (exact) mass is 373 g/mol. The third-order valence-corrected chi connectivity index (χ3v) is 3.42. The molecule has 0 heterocycles. The molecular formula is C20H24FN3O3. The van der Waals surface area contributed by atoms with E-state index in [4.69, 9.17) is 4.74 Å². The number of halogens is 1. The molecule has 0 saturated heterocycles. The molecule has 2 aromatic rings. The van der Waals surface area contributed by atoms with Crippen molar-refractivity contribution in [3.63, 3.8) is 0 Å². The first-order valence-electron chi connectivity index (χ1n) is 8.56. The van der Waals surface area contributed by atoms with E-state index in [9.17, 15) is 14.0 Å². The van der Waals surface area contributed by atoms with Gasteiger partial charge in [0.05, 0.1) is 11.4 Å². The average Bonchev–Trinajstić information content (AvgIpc) is 2.56. The molecule has 0 radical (unpaired) electrons. The molecule has 27 heavy (non-hydrogen) atoms. The van der Waals surface area contributed by atoms with Crippen LogP contribution < -0.4 is 16.0 Å². The molecule has 2 rings (SSSR count). The summed E-state index contributed by atoms with van der Waals surface area (Å²) in [6, 6.07) is 12.5. The van der Waals surface area contributed by atoms with Crippen molar-refractivity contribution in [2.45, 2.75) is 39.3 Å². The average molecular weight is 373 g/mol. The van der Waals surface area contributed by atoms with Crippen LogP contribution in [0.4, 0.5) is 26.2 Å². The Morgan fingerprint density at radius 1 is 1.04 bits per heavy atom. The maximum absolute atomic E-state index is 13.7. The van der Waals surface area contributed by atoms with E-state index in [1.807, 2.05) is 30.3 Å². The Morgan fingerprint density at radius 3 is 2.33 bits per heavy atom. The zero-order valence-corrected chi connectivity index (χ0v) is 15.8. The van der Waals surface area contributed by atoms with Gasteiger partial charge in [-0.2, -0.15) is 0 Å². The van der Waals surface area contributed by atoms with Gasteiger partial charge in [0, 0.05) is 5.69 Å². The SMILES string of the molecule is C[C@H](NC(=O)OC(C)(C)C)C(=O)Nc1cc(F)ccc1Nc1ccccc1. The van der Waals surface area contributed by atoms with Gasteiger partial charge in [-0.05, 0) is 58.0 Å². The first kappa shape index (κ1) is 20.2. The Bertz CT molecular complexity index is 804. The number of benzene rings is 2. The van der Waals surface area contributed by atoms with Gasteiger partial charge in [0.2, 0.25) is 5.91 Å². The van der Waals surface area contributed by atoms with Gasteiger partial charge in [-0.25, -0.2) is 9.18 Å². The molecular weight excluding hydrogens is 349 g/mol. The molecule has 1 atom stereocenters. The van der Waals surface area contributed by atoms with Crippen molar-refractivity contribution < 1.29 is 18.7 Å². The Kier molecular flexibility index (Phi) is 6.39. The lowest BCUT2D eigenvalue weighted by molar-refractivity contribution is -0.117. The Balaban J connectivity index is 2.08. The summed E-state index contributed by atoms with van der Waals surface area (Å²) >= 11 is 0. The van der Waals surface area contributed by atoms with Gasteiger partial charge in [-0.1, -0.05) is 18.2 Å². The molecule has 2 aromatic carbocycles. The number of carbonyl (C=O) groups is 2. The highest BCUT2D eigenvalue weighted by Crippen LogP contribution is 2.26. The number of rotatable bonds is 5. The third kappa shape index (κ3) is 6.62. The second-order valence-electron chi connectivity index (χ2n) is 7.04. The zero-order chi connectivity index (χ0) is 20.0. The molecule has 0 bridgehead atoms. The standard InChI is InChI=1S/C20H24FN3O3/c1-13(22-19(26)27-20(2,3)4)18(25)24-17-12-14(21)10-11-16(17)23-15-8-6-5-7-9-15/h5-13,23H,1-4H3,(H,22,26)(H,24,25)/t13-/m0/s1. The molecule has 0 spiro atoms. The number of alkyl carbamates (subject to hydrolysis) is 1. The molecule has 0 saturated carbocycles. The molecule has 7 heteroatoms. The second kappa shape index (κ2) is 8.53. The number of para-hydroxylation sites is 1. The Morgan fingerprint density at radius 2 is 1.70 bits per heavy atom. The number of carbonyl (C=O) groups excluding carboxylic acids is 2. The summed E-state index contributed by atoms with van der Waals surface area (Å²) in [5.41, 5.74) is 0.914. The van der Waals surface area contributed by atoms with Crippen LogP contribution in [0.3, 0.4) is 0 Å². The van der Waals surface area contributed by atoms with Crippen molar-refractivity contribution in [2.24, 2.45) is 0 Å². The van der Waals surface area contributed by atoms with Gasteiger partial charge in [0.1, 0.15) is 17.5 Å². The van der Waals surface area contributed by atoms with Gasteiger partial charge in [-0.15, -0.1) is 0 Å². The lowest BCUT2D eigenvalue weighted by Crippen LogP contribution is -2.44. The van der Waals surface area contributed by atoms with Crippen molar-refractivity contribution in [1.82, 2.24) is 5.32 Å². The van der Waals surface area contributed by atoms with E-state index in [0.717, 1.165) is 5.69 Å². The van der Waals surface area contributed by atoms with Crippen molar-refractivity contribution in [3.05, 3.63) is 54.3 Å². The number of amides is 2. The maximum atomic E-state index is 13.7. The highest BCUT2D eigenvalue weighted by molar-refractivity contribution is 5.99. The minimum absolute atomic E-state index is 0.265. The predicted octanol–water partition coefficient (Wildman–Crippen LogP) is 4.42. The number of hydrogen-bond donors (Lipinski definition) is 3. The van der Waals surface area contributed by atoms with E-state index in [0.29, 0.717) is 5.69 Å². The van der Waals surface area contributed by atoms with Crippen LogP contribution in [0.5, 0.6) is 0 Å². The fourth-order valence-corrected chi connectivity index (χ4v) is 2.20. The predicted molar refractivity (Wildman–Crippen MR) is 104 cm³/mol. The smallest absolute Gasteiger partial charge is 0.408 e. The molecule has 0 unspecified atom stereocenters. The summed E-state index contributed by atoms with van der Waals surface area (Å²) in [4.78, 5) is 24.2. The summed E-state index contributed by atoms with van der Waals surface area (Å²) in [7, 11) is 0. The summed E-state index contributed by atoms with van der Waals surface area (Å²) in [5, 5.41) is 8.20. The minimum atomic E-state index is -0.868. The van der Waals surface area contributed by atoms with E-state index in [1.165, 1.54) is 25.1 Å². The van der Waals surface area contributed by atoms with Gasteiger partial charge >= 0.3 is 6.09 Å². The lowest BCUT2D eigenvalue weighted by atomic mass is 10.2. The number of ether oxygens (including phenoxy) is 1. The van der Waals surface area contributed by atoms with Gasteiger partial charge < -0.3 is 20.7 Å². The van der Waals surface area contributed by atoms with Crippen LogP contribution in [-0.2, 0) is 9.53 Å². The highest BCUT2D eigenvalue weighted by Gasteiger charge is 2.21. The third-order valence-electron chi connectivity index (χ3n) is 3.42. The van der Waals surface area contributed by atoms with E-state index in [-0.39, 0.29) is 5.69 Å². The molecule has 0 aliphatic carbocycles. The van der Waals surface area contributed by atoms with Crippen LogP contribution >= 0.6 is 0 Å². The second-order valence-corrected chi connectivity index (χ2v) is 7.04. The number of anilines is 3. The lowest BCUT2D eigenvalue weighted by Gasteiger charge is -2.22. The van der Waals surface area contributed by atoms with E-state index >= 15 is 0 Å². The molecule has 6 nitrogen and oxygen atoms in total. The first-order valence-corrected chi connectivity index (χ1v) is 8.56. The Hall–Kier alpha value is -3.09. The van der Waals surface area contributed by atoms with Gasteiger partial charge in [0.15, 0.2) is 0 Å². The summed E-state index contributed by atoms with van der Waals surface area (Å²) in [6.07, 6.45) is -0.702. The molecule has 144 valence electrons. The maximum Gasteiger partial charge on any atom is 0.408 e. The summed E-state index contributed by atoms with van der Waals surface area (Å²) in [5.74, 6) is -0.987. The van der Waals surface area contributed by atoms with Crippen LogP contribution in [0, 0.1) is 5.82 Å². The van der Waals surface area contributed by atoms with E-state index in [1.54, 1.807) is 20.8 Å². The van der Waals surface area contributed by atoms with E-state index in [2.05, 4.69) is 16.0 Å². The quantitative estimate of drug-likeness (QED) is 0.725. The largest absolute Gasteiger partial charge is 0.444 e. The molecule has 0 aliphatic rings. The van der Waals surface area contributed by atoms with Crippen molar-refractivity contribution >= 4 is 29.1 Å². The van der Waals surface area contributed by atoms with Gasteiger partial charge in [-0.3, -0.25) is 4.79 Å². The molecule has 0 fully saturated rings. The minimum Gasteiger partial charge on any atom is -0.444 e. The fraction of sp³-hybridized carbons (Fsp3) is 0.300. The van der Waals surface area contributed by atoms with E-state index < -0.39 is 29.5 Å². The van der Waals surface area contributed by atoms with Crippen molar-refractivity contribution in [1.29, 1.82) is 0 Å². The van der Waals surface area contributed by atoms with Crippen LogP contribution in [-0.4, -0.2) is 23.6 Å². The molecule has 0 aliphatic heterocycles. The van der Waals surface area contributed by atoms with Crippen LogP contribution in [0.15, 0.2) is 48.5 Å². The van der Waals surface area contributed by atoms with Gasteiger partial charge in [0.25, 0.3) is 0 Å². The molecule has 2 amide bonds. The molecule has 3 N–H and O–H groups in total. The Labute approximate surface area is 158 Å². The zero-order valence-electron chi connectivity index (χ0n) is 15.8. The summed E-state index contributed by atoms with van der Waals surface area (Å²) in [6.45, 7) is 6.70. The van der Waals surface area contributed by atoms with Crippen LogP contribution in [0.1, 0.15) is 27.7 Å². The molecule has 0 aromatic heterocycles. The van der Waals surface area contributed by atoms with Crippen molar-refractivity contribution in [2.75, 3.05) is 10.6 Å². The summed E-state index contributed by atoms with van der Waals surface area (Å²) < 4.78 is 18.8. The number of hydrogen-bond acceptors (Lipinski definition) is 4. The fourth-order valence-electron chi connectivity index (χ4n) is 2.20. The number of nitrogens with one attached hydrogen (secondary N) is 3. The van der Waals surface area contributed by atoms with Crippen LogP contribution in [0.25, 0.3) is 0 Å². The van der Waals surface area contributed by atoms with Crippen LogP contribution in [0.2, 0.25) is 0 Å². The first-order chi connectivity index (χ1) is 12.6.